The molecule has 0 aromatic rings. The third-order valence-corrected chi connectivity index (χ3v) is 5.39. The maximum Gasteiger partial charge on any atom is 0.326 e. The minimum atomic E-state index is -1.43. The van der Waals surface area contributed by atoms with Gasteiger partial charge < -0.3 is 37.0 Å². The van der Waals surface area contributed by atoms with Crippen LogP contribution in [0.15, 0.2) is 0 Å². The summed E-state index contributed by atoms with van der Waals surface area (Å²) in [4.78, 5) is 59.6. The molecule has 8 N–H and O–H groups in total. The zero-order valence-electron chi connectivity index (χ0n) is 19.0. The third kappa shape index (κ3) is 9.60. The maximum atomic E-state index is 12.8. The standard InChI is InChI=1S/C20H36N4O8/c1-5-10(3)15(23-17(28)12(21)7-8-14(26)27)19(30)22-13(9-25)18(29)24-16(20(31)32)11(4)6-2/h10-13,15-16,25H,5-9,21H2,1-4H3,(H,22,30)(H,23,28)(H,24,29)(H,26,27)(H,31,32). The van der Waals surface area contributed by atoms with Crippen molar-refractivity contribution in [3.63, 3.8) is 0 Å². The smallest absolute Gasteiger partial charge is 0.326 e. The van der Waals surface area contributed by atoms with Gasteiger partial charge in [0.2, 0.25) is 17.7 Å². The van der Waals surface area contributed by atoms with Crippen molar-refractivity contribution in [1.82, 2.24) is 16.0 Å². The summed E-state index contributed by atoms with van der Waals surface area (Å²) in [6.45, 7) is 6.09. The van der Waals surface area contributed by atoms with E-state index in [1.165, 1.54) is 0 Å². The molecule has 0 saturated heterocycles. The fourth-order valence-electron chi connectivity index (χ4n) is 2.76. The summed E-state index contributed by atoms with van der Waals surface area (Å²) >= 11 is 0. The van der Waals surface area contributed by atoms with Crippen molar-refractivity contribution in [2.75, 3.05) is 6.61 Å². The van der Waals surface area contributed by atoms with Gasteiger partial charge in [0.25, 0.3) is 0 Å². The predicted octanol–water partition coefficient (Wildman–Crippen LogP) is -1.20. The molecular weight excluding hydrogens is 424 g/mol. The zero-order chi connectivity index (χ0) is 25.0. The molecule has 0 fully saturated rings. The first-order chi connectivity index (χ1) is 14.9. The molecule has 12 heteroatoms. The number of nitrogens with two attached hydrogens (primary N) is 1. The molecule has 6 atom stereocenters. The molecule has 0 saturated carbocycles. The predicted molar refractivity (Wildman–Crippen MR) is 114 cm³/mol. The second-order valence-electron chi connectivity index (χ2n) is 7.86. The van der Waals surface area contributed by atoms with Gasteiger partial charge in [-0.3, -0.25) is 19.2 Å². The molecule has 6 unspecified atom stereocenters. The lowest BCUT2D eigenvalue weighted by Gasteiger charge is -2.28. The van der Waals surface area contributed by atoms with E-state index in [-0.39, 0.29) is 24.7 Å². The number of aliphatic hydroxyl groups is 1. The molecule has 0 bridgehead atoms. The number of hydrogen-bond donors (Lipinski definition) is 7. The van der Waals surface area contributed by atoms with Gasteiger partial charge in [-0.2, -0.15) is 0 Å². The largest absolute Gasteiger partial charge is 0.481 e. The summed E-state index contributed by atoms with van der Waals surface area (Å²) in [5, 5.41) is 34.7. The van der Waals surface area contributed by atoms with Crippen molar-refractivity contribution in [3.05, 3.63) is 0 Å². The number of hydrogen-bond acceptors (Lipinski definition) is 7. The number of nitrogens with one attached hydrogen (secondary N) is 3. The first kappa shape index (κ1) is 29.3. The van der Waals surface area contributed by atoms with Crippen LogP contribution in [-0.4, -0.2) is 75.8 Å². The van der Waals surface area contributed by atoms with Crippen LogP contribution < -0.4 is 21.7 Å². The van der Waals surface area contributed by atoms with Crippen LogP contribution in [0.25, 0.3) is 0 Å². The Morgan fingerprint density at radius 1 is 0.812 bits per heavy atom. The second kappa shape index (κ2) is 14.4. The van der Waals surface area contributed by atoms with Crippen LogP contribution in [-0.2, 0) is 24.0 Å². The first-order valence-corrected chi connectivity index (χ1v) is 10.6. The first-order valence-electron chi connectivity index (χ1n) is 10.6. The normalized spacial score (nSPS) is 16.6. The van der Waals surface area contributed by atoms with E-state index in [9.17, 15) is 34.2 Å². The number of carboxylic acids is 2. The fourth-order valence-corrected chi connectivity index (χ4v) is 2.76. The Hall–Kier alpha value is -2.73. The lowest BCUT2D eigenvalue weighted by molar-refractivity contribution is -0.144. The summed E-state index contributed by atoms with van der Waals surface area (Å²) in [7, 11) is 0. The topological polar surface area (TPSA) is 208 Å². The van der Waals surface area contributed by atoms with Crippen LogP contribution in [0.1, 0.15) is 53.4 Å². The molecule has 0 heterocycles. The van der Waals surface area contributed by atoms with Gasteiger partial charge >= 0.3 is 11.9 Å². The number of carboxylic acid groups (broad SMARTS) is 2. The molecule has 32 heavy (non-hydrogen) atoms. The van der Waals surface area contributed by atoms with Crippen molar-refractivity contribution in [2.24, 2.45) is 17.6 Å². The monoisotopic (exact) mass is 460 g/mol. The highest BCUT2D eigenvalue weighted by atomic mass is 16.4. The van der Waals surface area contributed by atoms with Crippen molar-refractivity contribution < 1.29 is 39.3 Å². The van der Waals surface area contributed by atoms with Gasteiger partial charge in [-0.1, -0.05) is 40.5 Å². The van der Waals surface area contributed by atoms with Crippen LogP contribution in [0, 0.1) is 11.8 Å². The Kier molecular flexibility index (Phi) is 13.1. The molecule has 0 aromatic carbocycles. The minimum Gasteiger partial charge on any atom is -0.481 e. The molecule has 3 amide bonds. The van der Waals surface area contributed by atoms with E-state index in [1.807, 2.05) is 0 Å². The van der Waals surface area contributed by atoms with Crippen LogP contribution >= 0.6 is 0 Å². The Bertz CT molecular complexity index is 672. The number of amides is 3. The highest BCUT2D eigenvalue weighted by Crippen LogP contribution is 2.11. The molecule has 0 aromatic heterocycles. The molecular formula is C20H36N4O8. The number of carbonyl (C=O) groups is 5. The highest BCUT2D eigenvalue weighted by Gasteiger charge is 2.33. The van der Waals surface area contributed by atoms with E-state index in [2.05, 4.69) is 16.0 Å². The average molecular weight is 461 g/mol. The van der Waals surface area contributed by atoms with E-state index in [0.717, 1.165) is 0 Å². The van der Waals surface area contributed by atoms with Crippen LogP contribution in [0.5, 0.6) is 0 Å². The van der Waals surface area contributed by atoms with Gasteiger partial charge in [-0.15, -0.1) is 0 Å². The molecule has 12 nitrogen and oxygen atoms in total. The number of rotatable bonds is 15. The Balaban J connectivity index is 5.31. The maximum absolute atomic E-state index is 12.8. The van der Waals surface area contributed by atoms with Gasteiger partial charge in [-0.05, 0) is 18.3 Å². The molecule has 0 aliphatic carbocycles. The highest BCUT2D eigenvalue weighted by molar-refractivity contribution is 5.94. The lowest BCUT2D eigenvalue weighted by Crippen LogP contribution is -2.60. The van der Waals surface area contributed by atoms with Gasteiger partial charge in [0.05, 0.1) is 12.6 Å². The molecule has 0 aliphatic rings. The van der Waals surface area contributed by atoms with Gasteiger partial charge in [0.15, 0.2) is 0 Å². The zero-order valence-corrected chi connectivity index (χ0v) is 19.0. The number of carbonyl (C=O) groups excluding carboxylic acids is 3. The van der Waals surface area contributed by atoms with E-state index >= 15 is 0 Å². The summed E-state index contributed by atoms with van der Waals surface area (Å²) in [6, 6.07) is -4.88. The van der Waals surface area contributed by atoms with Crippen molar-refractivity contribution in [2.45, 2.75) is 77.5 Å². The van der Waals surface area contributed by atoms with E-state index < -0.39 is 60.4 Å². The molecule has 0 radical (unpaired) electrons. The number of aliphatic carboxylic acids is 2. The van der Waals surface area contributed by atoms with Gasteiger partial charge in [-0.25, -0.2) is 4.79 Å². The molecule has 0 rings (SSSR count). The van der Waals surface area contributed by atoms with Crippen molar-refractivity contribution in [3.8, 4) is 0 Å². The Morgan fingerprint density at radius 3 is 1.75 bits per heavy atom. The lowest BCUT2D eigenvalue weighted by atomic mass is 9.97. The van der Waals surface area contributed by atoms with E-state index in [0.29, 0.717) is 12.8 Å². The number of aliphatic hydroxyl groups excluding tert-OH is 1. The van der Waals surface area contributed by atoms with Gasteiger partial charge in [0, 0.05) is 6.42 Å². The van der Waals surface area contributed by atoms with Crippen molar-refractivity contribution >= 4 is 29.7 Å². The summed E-state index contributed by atoms with van der Waals surface area (Å²) in [5.74, 6) is -5.47. The minimum absolute atomic E-state index is 0.121. The molecule has 0 spiro atoms. The van der Waals surface area contributed by atoms with E-state index in [1.54, 1.807) is 27.7 Å². The fraction of sp³-hybridized carbons (Fsp3) is 0.750. The van der Waals surface area contributed by atoms with E-state index in [4.69, 9.17) is 10.8 Å². The van der Waals surface area contributed by atoms with Crippen LogP contribution in [0.4, 0.5) is 0 Å². The Morgan fingerprint density at radius 2 is 1.31 bits per heavy atom. The van der Waals surface area contributed by atoms with Crippen LogP contribution in [0.2, 0.25) is 0 Å². The SMILES string of the molecule is CCC(C)C(NC(=O)C(CO)NC(=O)C(NC(=O)C(N)CCC(=O)O)C(C)CC)C(=O)O. The second-order valence-corrected chi connectivity index (χ2v) is 7.86. The molecule has 184 valence electrons. The summed E-state index contributed by atoms with van der Waals surface area (Å²) in [5.41, 5.74) is 5.69. The average Bonchev–Trinajstić information content (AvgIpc) is 2.75. The molecule has 0 aliphatic heterocycles. The van der Waals surface area contributed by atoms with Crippen molar-refractivity contribution in [1.29, 1.82) is 0 Å². The van der Waals surface area contributed by atoms with Crippen LogP contribution in [0.3, 0.4) is 0 Å². The van der Waals surface area contributed by atoms with Gasteiger partial charge in [0.1, 0.15) is 18.1 Å². The summed E-state index contributed by atoms with van der Waals surface area (Å²) < 4.78 is 0. The third-order valence-electron chi connectivity index (χ3n) is 5.39. The summed E-state index contributed by atoms with van der Waals surface area (Å²) in [6.07, 6.45) is 0.526. The Labute approximate surface area is 187 Å². The quantitative estimate of drug-likeness (QED) is 0.156.